The number of hydrogen-bond donors (Lipinski definition) is 2. The highest BCUT2D eigenvalue weighted by atomic mass is 16.3. The topological polar surface area (TPSA) is 54.3 Å². The van der Waals surface area contributed by atoms with E-state index in [4.69, 9.17) is 4.42 Å². The lowest BCUT2D eigenvalue weighted by atomic mass is 10.2. The smallest absolute Gasteiger partial charge is 0.245 e. The largest absolute Gasteiger partial charge is 0.467 e. The number of nitrogens with one attached hydrogen (secondary N) is 2. The Kier molecular flexibility index (Phi) is 1.83. The summed E-state index contributed by atoms with van der Waals surface area (Å²) in [7, 11) is 0. The van der Waals surface area contributed by atoms with Gasteiger partial charge in [0.15, 0.2) is 0 Å². The molecular formula is C8H10N2O2. The number of hydrogen-bond acceptors (Lipinski definition) is 3. The molecular weight excluding hydrogens is 156 g/mol. The van der Waals surface area contributed by atoms with Gasteiger partial charge >= 0.3 is 0 Å². The molecule has 4 heteroatoms. The first-order valence-corrected chi connectivity index (χ1v) is 3.92. The molecule has 1 aromatic heterocycles. The van der Waals surface area contributed by atoms with Crippen LogP contribution in [-0.4, -0.2) is 19.0 Å². The maximum atomic E-state index is 11.3. The number of carbonyl (C=O) groups excluding carboxylic acids is 1. The van der Waals surface area contributed by atoms with Crippen LogP contribution in [0.5, 0.6) is 0 Å². The third-order valence-corrected chi connectivity index (χ3v) is 1.86. The zero-order chi connectivity index (χ0) is 8.39. The molecule has 1 amide bonds. The van der Waals surface area contributed by atoms with Crippen molar-refractivity contribution in [1.29, 1.82) is 0 Å². The molecule has 0 unspecified atom stereocenters. The van der Waals surface area contributed by atoms with Crippen LogP contribution in [0.3, 0.4) is 0 Å². The lowest BCUT2D eigenvalue weighted by Crippen LogP contribution is -2.47. The van der Waals surface area contributed by atoms with Gasteiger partial charge in [-0.3, -0.25) is 10.1 Å². The van der Waals surface area contributed by atoms with E-state index in [1.807, 2.05) is 0 Å². The second-order valence-electron chi connectivity index (χ2n) is 2.69. The fourth-order valence-electron chi connectivity index (χ4n) is 1.28. The predicted octanol–water partition coefficient (Wildman–Crippen LogP) is 0.0401. The van der Waals surface area contributed by atoms with Crippen molar-refractivity contribution in [1.82, 2.24) is 10.6 Å². The summed E-state index contributed by atoms with van der Waals surface area (Å²) < 4.78 is 5.12. The fraction of sp³-hybridized carbons (Fsp3) is 0.375. The quantitative estimate of drug-likeness (QED) is 0.619. The molecule has 12 heavy (non-hydrogen) atoms. The first-order chi connectivity index (χ1) is 5.88. The molecule has 1 aromatic rings. The highest BCUT2D eigenvalue weighted by Crippen LogP contribution is 2.14. The minimum atomic E-state index is -0.311. The van der Waals surface area contributed by atoms with Gasteiger partial charge in [-0.1, -0.05) is 0 Å². The summed E-state index contributed by atoms with van der Waals surface area (Å²) >= 11 is 0. The Morgan fingerprint density at radius 1 is 1.50 bits per heavy atom. The minimum absolute atomic E-state index is 0.0174. The summed E-state index contributed by atoms with van der Waals surface area (Å²) in [5, 5.41) is 5.82. The van der Waals surface area contributed by atoms with Crippen molar-refractivity contribution < 1.29 is 9.21 Å². The van der Waals surface area contributed by atoms with Crippen LogP contribution in [0.15, 0.2) is 22.8 Å². The van der Waals surface area contributed by atoms with E-state index in [0.29, 0.717) is 12.3 Å². The van der Waals surface area contributed by atoms with Crippen molar-refractivity contribution in [3.8, 4) is 0 Å². The van der Waals surface area contributed by atoms with Crippen molar-refractivity contribution in [2.45, 2.75) is 6.04 Å². The molecule has 0 spiro atoms. The molecule has 0 saturated carbocycles. The monoisotopic (exact) mass is 166 g/mol. The Bertz CT molecular complexity index is 269. The van der Waals surface area contributed by atoms with Crippen LogP contribution in [0.2, 0.25) is 0 Å². The van der Waals surface area contributed by atoms with E-state index in [2.05, 4.69) is 10.6 Å². The van der Waals surface area contributed by atoms with Gasteiger partial charge in [0.2, 0.25) is 5.91 Å². The van der Waals surface area contributed by atoms with E-state index >= 15 is 0 Å². The molecule has 1 aliphatic heterocycles. The fourth-order valence-corrected chi connectivity index (χ4v) is 1.28. The van der Waals surface area contributed by atoms with Crippen LogP contribution >= 0.6 is 0 Å². The van der Waals surface area contributed by atoms with Crippen LogP contribution < -0.4 is 10.6 Å². The number of furan rings is 1. The van der Waals surface area contributed by atoms with Crippen LogP contribution in [0.1, 0.15) is 11.8 Å². The van der Waals surface area contributed by atoms with E-state index < -0.39 is 0 Å². The number of carbonyl (C=O) groups is 1. The van der Waals surface area contributed by atoms with Crippen molar-refractivity contribution in [2.24, 2.45) is 0 Å². The zero-order valence-electron chi connectivity index (χ0n) is 6.54. The maximum absolute atomic E-state index is 11.3. The SMILES string of the molecule is O=C1NCCN[C@H]1c1ccco1. The van der Waals surface area contributed by atoms with Crippen LogP contribution in [0.25, 0.3) is 0 Å². The summed E-state index contributed by atoms with van der Waals surface area (Å²) in [5.41, 5.74) is 0. The molecule has 64 valence electrons. The van der Waals surface area contributed by atoms with E-state index in [-0.39, 0.29) is 11.9 Å². The Balaban J connectivity index is 2.17. The highest BCUT2D eigenvalue weighted by Gasteiger charge is 2.24. The maximum Gasteiger partial charge on any atom is 0.245 e. The molecule has 2 rings (SSSR count). The molecule has 2 N–H and O–H groups in total. The number of amides is 1. The summed E-state index contributed by atoms with van der Waals surface area (Å²) in [6.45, 7) is 1.48. The Morgan fingerprint density at radius 2 is 2.42 bits per heavy atom. The molecule has 1 fully saturated rings. The van der Waals surface area contributed by atoms with Gasteiger partial charge in [0.25, 0.3) is 0 Å². The predicted molar refractivity (Wildman–Crippen MR) is 42.5 cm³/mol. The molecule has 0 aromatic carbocycles. The summed E-state index contributed by atoms with van der Waals surface area (Å²) in [6, 6.07) is 3.26. The molecule has 1 atom stereocenters. The van der Waals surface area contributed by atoms with Crippen LogP contribution in [-0.2, 0) is 4.79 Å². The van der Waals surface area contributed by atoms with Crippen LogP contribution in [0.4, 0.5) is 0 Å². The third kappa shape index (κ3) is 1.21. The lowest BCUT2D eigenvalue weighted by Gasteiger charge is -2.21. The molecule has 0 bridgehead atoms. The van der Waals surface area contributed by atoms with Gasteiger partial charge < -0.3 is 9.73 Å². The lowest BCUT2D eigenvalue weighted by molar-refractivity contribution is -0.124. The van der Waals surface area contributed by atoms with Gasteiger partial charge in [0.05, 0.1) is 6.26 Å². The molecule has 0 aliphatic carbocycles. The molecule has 4 nitrogen and oxygen atoms in total. The summed E-state index contributed by atoms with van der Waals surface area (Å²) in [4.78, 5) is 11.3. The van der Waals surface area contributed by atoms with E-state index in [1.54, 1.807) is 18.4 Å². The number of piperazine rings is 1. The van der Waals surface area contributed by atoms with Crippen molar-refractivity contribution in [2.75, 3.05) is 13.1 Å². The van der Waals surface area contributed by atoms with E-state index in [9.17, 15) is 4.79 Å². The van der Waals surface area contributed by atoms with Crippen molar-refractivity contribution >= 4 is 5.91 Å². The van der Waals surface area contributed by atoms with Gasteiger partial charge in [-0.15, -0.1) is 0 Å². The number of rotatable bonds is 1. The minimum Gasteiger partial charge on any atom is -0.467 e. The average Bonchev–Trinajstić information content (AvgIpc) is 2.57. The normalized spacial score (nSPS) is 23.7. The summed E-state index contributed by atoms with van der Waals surface area (Å²) in [5.74, 6) is 0.656. The Morgan fingerprint density at radius 3 is 3.08 bits per heavy atom. The summed E-state index contributed by atoms with van der Waals surface area (Å²) in [6.07, 6.45) is 1.57. The van der Waals surface area contributed by atoms with Crippen molar-refractivity contribution in [3.63, 3.8) is 0 Å². The van der Waals surface area contributed by atoms with Gasteiger partial charge in [0.1, 0.15) is 11.8 Å². The second kappa shape index (κ2) is 2.98. The molecule has 1 aliphatic rings. The van der Waals surface area contributed by atoms with Crippen LogP contribution in [0, 0.1) is 0 Å². The van der Waals surface area contributed by atoms with Gasteiger partial charge in [-0.05, 0) is 12.1 Å². The Labute approximate surface area is 69.9 Å². The third-order valence-electron chi connectivity index (χ3n) is 1.86. The first kappa shape index (κ1) is 7.36. The van der Waals surface area contributed by atoms with E-state index in [1.165, 1.54) is 0 Å². The van der Waals surface area contributed by atoms with Gasteiger partial charge in [-0.2, -0.15) is 0 Å². The van der Waals surface area contributed by atoms with Crippen molar-refractivity contribution in [3.05, 3.63) is 24.2 Å². The standard InChI is InChI=1S/C8H10N2O2/c11-8-7(9-3-4-10-8)6-2-1-5-12-6/h1-2,5,7,9H,3-4H2,(H,10,11)/t7-/m0/s1. The van der Waals surface area contributed by atoms with Gasteiger partial charge in [0, 0.05) is 13.1 Å². The first-order valence-electron chi connectivity index (χ1n) is 3.92. The zero-order valence-corrected chi connectivity index (χ0v) is 6.54. The highest BCUT2D eigenvalue weighted by molar-refractivity contribution is 5.83. The Hall–Kier alpha value is -1.29. The van der Waals surface area contributed by atoms with Gasteiger partial charge in [-0.25, -0.2) is 0 Å². The second-order valence-corrected chi connectivity index (χ2v) is 2.69. The van der Waals surface area contributed by atoms with E-state index in [0.717, 1.165) is 6.54 Å². The molecule has 1 saturated heterocycles. The molecule has 0 radical (unpaired) electrons. The average molecular weight is 166 g/mol. The molecule has 2 heterocycles.